The highest BCUT2D eigenvalue weighted by Gasteiger charge is 2.31. The molecule has 0 unspecified atom stereocenters. The van der Waals surface area contributed by atoms with Crippen molar-refractivity contribution in [3.8, 4) is 5.69 Å². The molecule has 1 fully saturated rings. The number of rotatable bonds is 2. The van der Waals surface area contributed by atoms with E-state index in [1.54, 1.807) is 12.1 Å². The first kappa shape index (κ1) is 15.4. The molecule has 2 aliphatic heterocycles. The zero-order valence-electron chi connectivity index (χ0n) is 13.4. The van der Waals surface area contributed by atoms with Gasteiger partial charge in [0, 0.05) is 37.9 Å². The van der Waals surface area contributed by atoms with E-state index in [1.807, 2.05) is 12.1 Å². The predicted octanol–water partition coefficient (Wildman–Crippen LogP) is -0.287. The molecular weight excluding hydrogens is 322 g/mol. The second-order valence-electron chi connectivity index (χ2n) is 6.03. The van der Waals surface area contributed by atoms with Crippen LogP contribution in [0.4, 0.5) is 11.5 Å². The smallest absolute Gasteiger partial charge is 0.262 e. The van der Waals surface area contributed by atoms with Gasteiger partial charge in [-0.3, -0.25) is 24.3 Å². The van der Waals surface area contributed by atoms with E-state index in [-0.39, 0.29) is 16.9 Å². The van der Waals surface area contributed by atoms with Crippen LogP contribution in [-0.4, -0.2) is 42.6 Å². The van der Waals surface area contributed by atoms with Crippen molar-refractivity contribution in [2.75, 3.05) is 36.8 Å². The lowest BCUT2D eigenvalue weighted by Crippen LogP contribution is -2.43. The van der Waals surface area contributed by atoms with Gasteiger partial charge in [0.05, 0.1) is 16.8 Å². The average Bonchev–Trinajstić information content (AvgIpc) is 2.90. The molecule has 0 radical (unpaired) electrons. The Morgan fingerprint density at radius 3 is 2.24 bits per heavy atom. The molecule has 4 N–H and O–H groups in total. The maximum Gasteiger partial charge on any atom is 0.262 e. The fraction of sp³-hybridized carbons (Fsp3) is 0.235. The summed E-state index contributed by atoms with van der Waals surface area (Å²) in [5.74, 6) is -1.20. The van der Waals surface area contributed by atoms with Crippen LogP contribution in [0.2, 0.25) is 0 Å². The number of hydrogen-bond donors (Lipinski definition) is 3. The van der Waals surface area contributed by atoms with Crippen LogP contribution in [0.3, 0.4) is 0 Å². The fourth-order valence-corrected chi connectivity index (χ4v) is 3.28. The minimum Gasteiger partial charge on any atom is -0.384 e. The van der Waals surface area contributed by atoms with Gasteiger partial charge in [-0.2, -0.15) is 0 Å². The monoisotopic (exact) mass is 339 g/mol. The van der Waals surface area contributed by atoms with E-state index in [9.17, 15) is 14.4 Å². The first-order chi connectivity index (χ1) is 12.1. The standard InChI is InChI=1S/C17H17N5O3/c18-15-14-12(16(24)20-17(14)25)9-13(23)22(15)11-3-1-10(2-4-11)21-7-5-19-6-8-21/h1-4,9,19H,5-8,18H2,(H,20,24,25). The first-order valence-electron chi connectivity index (χ1n) is 8.03. The second-order valence-corrected chi connectivity index (χ2v) is 6.03. The fourth-order valence-electron chi connectivity index (χ4n) is 3.28. The van der Waals surface area contributed by atoms with Crippen molar-refractivity contribution in [1.29, 1.82) is 0 Å². The Bertz CT molecular complexity index is 927. The van der Waals surface area contributed by atoms with Gasteiger partial charge in [0.1, 0.15) is 5.82 Å². The Hall–Kier alpha value is -3.13. The van der Waals surface area contributed by atoms with Gasteiger partial charge in [0.15, 0.2) is 0 Å². The van der Waals surface area contributed by atoms with E-state index >= 15 is 0 Å². The summed E-state index contributed by atoms with van der Waals surface area (Å²) < 4.78 is 1.25. The Morgan fingerprint density at radius 2 is 1.56 bits per heavy atom. The second kappa shape index (κ2) is 5.75. The van der Waals surface area contributed by atoms with Crippen LogP contribution in [-0.2, 0) is 0 Å². The van der Waals surface area contributed by atoms with Crippen molar-refractivity contribution >= 4 is 23.3 Å². The lowest BCUT2D eigenvalue weighted by atomic mass is 10.1. The highest BCUT2D eigenvalue weighted by atomic mass is 16.2. The van der Waals surface area contributed by atoms with Crippen LogP contribution < -0.4 is 26.8 Å². The van der Waals surface area contributed by atoms with Gasteiger partial charge in [-0.25, -0.2) is 0 Å². The number of nitrogen functional groups attached to an aromatic ring is 1. The number of imide groups is 1. The minimum absolute atomic E-state index is 0.0271. The molecule has 25 heavy (non-hydrogen) atoms. The summed E-state index contributed by atoms with van der Waals surface area (Å²) in [5, 5.41) is 5.46. The normalized spacial score (nSPS) is 16.7. The highest BCUT2D eigenvalue weighted by Crippen LogP contribution is 2.24. The van der Waals surface area contributed by atoms with E-state index in [0.29, 0.717) is 5.69 Å². The lowest BCUT2D eigenvalue weighted by Gasteiger charge is -2.29. The largest absolute Gasteiger partial charge is 0.384 e. The Morgan fingerprint density at radius 1 is 0.920 bits per heavy atom. The van der Waals surface area contributed by atoms with Gasteiger partial charge >= 0.3 is 0 Å². The topological polar surface area (TPSA) is 109 Å². The molecule has 2 amide bonds. The number of piperazine rings is 1. The van der Waals surface area contributed by atoms with Gasteiger partial charge in [-0.15, -0.1) is 0 Å². The molecule has 8 heteroatoms. The van der Waals surface area contributed by atoms with Gasteiger partial charge < -0.3 is 16.0 Å². The van der Waals surface area contributed by atoms with E-state index in [1.165, 1.54) is 4.57 Å². The maximum absolute atomic E-state index is 12.4. The third kappa shape index (κ3) is 2.47. The molecule has 2 aromatic rings. The van der Waals surface area contributed by atoms with Crippen LogP contribution in [0.15, 0.2) is 35.1 Å². The number of pyridine rings is 1. The lowest BCUT2D eigenvalue weighted by molar-refractivity contribution is 0.0880. The van der Waals surface area contributed by atoms with Crippen molar-refractivity contribution in [1.82, 2.24) is 15.2 Å². The first-order valence-corrected chi connectivity index (χ1v) is 8.03. The van der Waals surface area contributed by atoms with Gasteiger partial charge in [-0.05, 0) is 24.3 Å². The molecule has 3 heterocycles. The summed E-state index contributed by atoms with van der Waals surface area (Å²) in [5.41, 5.74) is 7.28. The number of benzene rings is 1. The number of anilines is 2. The summed E-state index contributed by atoms with van der Waals surface area (Å²) in [4.78, 5) is 38.3. The Labute approximate surface area is 143 Å². The number of nitrogens with two attached hydrogens (primary N) is 1. The quantitative estimate of drug-likeness (QED) is 0.649. The number of carbonyl (C=O) groups is 2. The van der Waals surface area contributed by atoms with Crippen LogP contribution in [0, 0.1) is 0 Å². The van der Waals surface area contributed by atoms with E-state index in [2.05, 4.69) is 15.5 Å². The molecule has 0 aliphatic carbocycles. The highest BCUT2D eigenvalue weighted by molar-refractivity contribution is 6.23. The summed E-state index contributed by atoms with van der Waals surface area (Å²) >= 11 is 0. The van der Waals surface area contributed by atoms with Crippen LogP contribution in [0.5, 0.6) is 0 Å². The number of nitrogens with zero attached hydrogens (tertiary/aromatic N) is 2. The molecule has 1 aromatic carbocycles. The molecule has 4 rings (SSSR count). The van der Waals surface area contributed by atoms with E-state index in [0.717, 1.165) is 37.9 Å². The number of aromatic nitrogens is 1. The average molecular weight is 339 g/mol. The SMILES string of the molecule is Nc1c2c(cc(=O)n1-c1ccc(N3CCNCC3)cc1)C(=O)NC2=O. The molecule has 0 bridgehead atoms. The van der Waals surface area contributed by atoms with Gasteiger partial charge in [-0.1, -0.05) is 0 Å². The van der Waals surface area contributed by atoms with Crippen molar-refractivity contribution < 1.29 is 9.59 Å². The minimum atomic E-state index is -0.593. The zero-order valence-corrected chi connectivity index (χ0v) is 13.4. The number of hydrogen-bond acceptors (Lipinski definition) is 6. The van der Waals surface area contributed by atoms with Crippen molar-refractivity contribution in [2.45, 2.75) is 0 Å². The van der Waals surface area contributed by atoms with Crippen LogP contribution >= 0.6 is 0 Å². The molecule has 1 saturated heterocycles. The number of amides is 2. The van der Waals surface area contributed by atoms with E-state index < -0.39 is 17.4 Å². The molecule has 2 aliphatic rings. The maximum atomic E-state index is 12.4. The summed E-state index contributed by atoms with van der Waals surface area (Å²) in [6, 6.07) is 8.57. The molecule has 1 aromatic heterocycles. The predicted molar refractivity (Wildman–Crippen MR) is 93.3 cm³/mol. The summed E-state index contributed by atoms with van der Waals surface area (Å²) in [6.07, 6.45) is 0. The zero-order chi connectivity index (χ0) is 17.6. The van der Waals surface area contributed by atoms with E-state index in [4.69, 9.17) is 5.73 Å². The summed E-state index contributed by atoms with van der Waals surface area (Å²) in [6.45, 7) is 3.70. The molecule has 0 atom stereocenters. The van der Waals surface area contributed by atoms with Crippen LogP contribution in [0.25, 0.3) is 5.69 Å². The van der Waals surface area contributed by atoms with Crippen molar-refractivity contribution in [2.24, 2.45) is 0 Å². The molecular formula is C17H17N5O3. The Kier molecular flexibility index (Phi) is 3.54. The van der Waals surface area contributed by atoms with Crippen LogP contribution in [0.1, 0.15) is 20.7 Å². The third-order valence-electron chi connectivity index (χ3n) is 4.54. The Balaban J connectivity index is 1.75. The molecule has 128 valence electrons. The molecule has 8 nitrogen and oxygen atoms in total. The number of nitrogens with one attached hydrogen (secondary N) is 2. The number of fused-ring (bicyclic) bond motifs is 1. The van der Waals surface area contributed by atoms with Gasteiger partial charge in [0.2, 0.25) is 0 Å². The number of carbonyl (C=O) groups excluding carboxylic acids is 2. The molecule has 0 saturated carbocycles. The van der Waals surface area contributed by atoms with Crippen molar-refractivity contribution in [3.63, 3.8) is 0 Å². The molecule has 0 spiro atoms. The van der Waals surface area contributed by atoms with Gasteiger partial charge in [0.25, 0.3) is 17.4 Å². The third-order valence-corrected chi connectivity index (χ3v) is 4.54. The van der Waals surface area contributed by atoms with Crippen molar-refractivity contribution in [3.05, 3.63) is 51.8 Å². The summed E-state index contributed by atoms with van der Waals surface area (Å²) in [7, 11) is 0.